The average Bonchev–Trinajstić information content (AvgIpc) is 2.47. The quantitative estimate of drug-likeness (QED) is 0.832. The topological polar surface area (TPSA) is 21.3 Å². The number of methoxy groups -OCH3 is 1. The standard InChI is InChI=1S/C18H25NO/c1-13(2)5-10-18(19-3)16-7-6-15-12-17(20-4)9-8-14(15)11-16/h6-9,11-13,18-19H,5,10H2,1-4H3. The van der Waals surface area contributed by atoms with Crippen LogP contribution >= 0.6 is 0 Å². The first kappa shape index (κ1) is 14.9. The lowest BCUT2D eigenvalue weighted by molar-refractivity contribution is 0.415. The number of ether oxygens (including phenoxy) is 1. The van der Waals surface area contributed by atoms with Crippen LogP contribution in [-0.4, -0.2) is 14.2 Å². The van der Waals surface area contributed by atoms with Gasteiger partial charge < -0.3 is 10.1 Å². The number of fused-ring (bicyclic) bond motifs is 1. The van der Waals surface area contributed by atoms with Crippen LogP contribution in [-0.2, 0) is 0 Å². The molecule has 0 aliphatic rings. The highest BCUT2D eigenvalue weighted by atomic mass is 16.5. The van der Waals surface area contributed by atoms with Gasteiger partial charge in [0.25, 0.3) is 0 Å². The van der Waals surface area contributed by atoms with Crippen LogP contribution in [0.1, 0.15) is 38.3 Å². The molecular formula is C18H25NO. The first-order valence-corrected chi connectivity index (χ1v) is 7.39. The molecule has 0 radical (unpaired) electrons. The molecule has 1 N–H and O–H groups in total. The van der Waals surface area contributed by atoms with Crippen molar-refractivity contribution in [3.63, 3.8) is 0 Å². The fourth-order valence-corrected chi connectivity index (χ4v) is 2.56. The third-order valence-corrected chi connectivity index (χ3v) is 3.85. The predicted octanol–water partition coefficient (Wildman–Crippen LogP) is 4.55. The summed E-state index contributed by atoms with van der Waals surface area (Å²) in [6.45, 7) is 4.55. The van der Waals surface area contributed by atoms with Gasteiger partial charge in [-0.25, -0.2) is 0 Å². The lowest BCUT2D eigenvalue weighted by atomic mass is 9.96. The molecule has 0 spiro atoms. The summed E-state index contributed by atoms with van der Waals surface area (Å²) in [4.78, 5) is 0. The van der Waals surface area contributed by atoms with Gasteiger partial charge in [0, 0.05) is 6.04 Å². The molecule has 0 fully saturated rings. The molecule has 0 saturated heterocycles. The zero-order valence-corrected chi connectivity index (χ0v) is 12.9. The Labute approximate surface area is 122 Å². The van der Waals surface area contributed by atoms with Gasteiger partial charge in [-0.2, -0.15) is 0 Å². The molecule has 2 heteroatoms. The monoisotopic (exact) mass is 271 g/mol. The van der Waals surface area contributed by atoms with Crippen molar-refractivity contribution >= 4 is 10.8 Å². The minimum absolute atomic E-state index is 0.434. The summed E-state index contributed by atoms with van der Waals surface area (Å²) in [5.74, 6) is 1.66. The minimum Gasteiger partial charge on any atom is -0.497 e. The van der Waals surface area contributed by atoms with Crippen molar-refractivity contribution in [3.8, 4) is 5.75 Å². The maximum absolute atomic E-state index is 5.27. The highest BCUT2D eigenvalue weighted by molar-refractivity contribution is 5.84. The normalized spacial score (nSPS) is 12.8. The highest BCUT2D eigenvalue weighted by Crippen LogP contribution is 2.26. The van der Waals surface area contributed by atoms with Crippen LogP contribution in [0.3, 0.4) is 0 Å². The van der Waals surface area contributed by atoms with Crippen molar-refractivity contribution in [2.75, 3.05) is 14.2 Å². The number of nitrogens with one attached hydrogen (secondary N) is 1. The van der Waals surface area contributed by atoms with E-state index in [1.165, 1.54) is 29.2 Å². The molecule has 0 heterocycles. The Kier molecular flexibility index (Phi) is 5.02. The van der Waals surface area contributed by atoms with Gasteiger partial charge >= 0.3 is 0 Å². The molecule has 1 atom stereocenters. The molecule has 0 aromatic heterocycles. The maximum Gasteiger partial charge on any atom is 0.119 e. The lowest BCUT2D eigenvalue weighted by Crippen LogP contribution is -2.16. The minimum atomic E-state index is 0.434. The van der Waals surface area contributed by atoms with Gasteiger partial charge in [0.05, 0.1) is 7.11 Å². The second-order valence-corrected chi connectivity index (χ2v) is 5.78. The smallest absolute Gasteiger partial charge is 0.119 e. The Hall–Kier alpha value is -1.54. The zero-order chi connectivity index (χ0) is 14.5. The van der Waals surface area contributed by atoms with Gasteiger partial charge in [-0.3, -0.25) is 0 Å². The lowest BCUT2D eigenvalue weighted by Gasteiger charge is -2.18. The molecule has 2 nitrogen and oxygen atoms in total. The number of benzene rings is 2. The van der Waals surface area contributed by atoms with Crippen molar-refractivity contribution in [1.29, 1.82) is 0 Å². The summed E-state index contributed by atoms with van der Waals surface area (Å²) >= 11 is 0. The first-order valence-electron chi connectivity index (χ1n) is 7.39. The van der Waals surface area contributed by atoms with E-state index < -0.39 is 0 Å². The Morgan fingerprint density at radius 1 is 1.00 bits per heavy atom. The van der Waals surface area contributed by atoms with E-state index in [2.05, 4.69) is 49.5 Å². The Morgan fingerprint density at radius 2 is 1.70 bits per heavy atom. The van der Waals surface area contributed by atoms with Crippen molar-refractivity contribution in [2.45, 2.75) is 32.7 Å². The predicted molar refractivity (Wildman–Crippen MR) is 86.4 cm³/mol. The van der Waals surface area contributed by atoms with Gasteiger partial charge in [0.2, 0.25) is 0 Å². The fraction of sp³-hybridized carbons (Fsp3) is 0.444. The molecule has 0 aliphatic heterocycles. The molecule has 0 amide bonds. The summed E-state index contributed by atoms with van der Waals surface area (Å²) in [7, 11) is 3.75. The third kappa shape index (κ3) is 3.51. The van der Waals surface area contributed by atoms with Crippen LogP contribution in [0.15, 0.2) is 36.4 Å². The van der Waals surface area contributed by atoms with E-state index in [0.717, 1.165) is 11.7 Å². The van der Waals surface area contributed by atoms with Crippen LogP contribution < -0.4 is 10.1 Å². The number of hydrogen-bond donors (Lipinski definition) is 1. The van der Waals surface area contributed by atoms with Crippen molar-refractivity contribution in [2.24, 2.45) is 5.92 Å². The van der Waals surface area contributed by atoms with Crippen molar-refractivity contribution < 1.29 is 4.74 Å². The zero-order valence-electron chi connectivity index (χ0n) is 12.9. The molecule has 20 heavy (non-hydrogen) atoms. The number of rotatable bonds is 6. The Morgan fingerprint density at radius 3 is 2.35 bits per heavy atom. The second kappa shape index (κ2) is 6.76. The van der Waals surface area contributed by atoms with Gasteiger partial charge in [0.15, 0.2) is 0 Å². The average molecular weight is 271 g/mol. The van der Waals surface area contributed by atoms with Crippen LogP contribution in [0.2, 0.25) is 0 Å². The van der Waals surface area contributed by atoms with E-state index in [9.17, 15) is 0 Å². The fourth-order valence-electron chi connectivity index (χ4n) is 2.56. The summed E-state index contributed by atoms with van der Waals surface area (Å²) in [5.41, 5.74) is 1.37. The largest absolute Gasteiger partial charge is 0.497 e. The molecule has 108 valence electrons. The second-order valence-electron chi connectivity index (χ2n) is 5.78. The molecule has 2 rings (SSSR count). The van der Waals surface area contributed by atoms with Crippen LogP contribution in [0, 0.1) is 5.92 Å². The number of hydrogen-bond acceptors (Lipinski definition) is 2. The molecule has 0 saturated carbocycles. The van der Waals surface area contributed by atoms with E-state index >= 15 is 0 Å². The summed E-state index contributed by atoms with van der Waals surface area (Å²) < 4.78 is 5.27. The van der Waals surface area contributed by atoms with Crippen LogP contribution in [0.25, 0.3) is 10.8 Å². The summed E-state index contributed by atoms with van der Waals surface area (Å²) in [6, 6.07) is 13.4. The molecular weight excluding hydrogens is 246 g/mol. The van der Waals surface area contributed by atoms with E-state index in [1.54, 1.807) is 7.11 Å². The summed E-state index contributed by atoms with van der Waals surface area (Å²) in [6.07, 6.45) is 2.42. The molecule has 2 aromatic carbocycles. The van der Waals surface area contributed by atoms with E-state index in [1.807, 2.05) is 13.1 Å². The SMILES string of the molecule is CNC(CCC(C)C)c1ccc2cc(OC)ccc2c1. The van der Waals surface area contributed by atoms with Gasteiger partial charge in [-0.1, -0.05) is 32.0 Å². The van der Waals surface area contributed by atoms with E-state index in [4.69, 9.17) is 4.74 Å². The van der Waals surface area contributed by atoms with Crippen molar-refractivity contribution in [3.05, 3.63) is 42.0 Å². The van der Waals surface area contributed by atoms with Crippen molar-refractivity contribution in [1.82, 2.24) is 5.32 Å². The van der Waals surface area contributed by atoms with Gasteiger partial charge in [-0.05, 0) is 60.3 Å². The van der Waals surface area contributed by atoms with E-state index in [-0.39, 0.29) is 0 Å². The van der Waals surface area contributed by atoms with E-state index in [0.29, 0.717) is 6.04 Å². The molecule has 0 bridgehead atoms. The van der Waals surface area contributed by atoms with Crippen LogP contribution in [0.4, 0.5) is 0 Å². The summed E-state index contributed by atoms with van der Waals surface area (Å²) in [5, 5.41) is 5.94. The highest BCUT2D eigenvalue weighted by Gasteiger charge is 2.10. The maximum atomic E-state index is 5.27. The molecule has 1 unspecified atom stereocenters. The van der Waals surface area contributed by atoms with Gasteiger partial charge in [-0.15, -0.1) is 0 Å². The first-order chi connectivity index (χ1) is 9.63. The molecule has 0 aliphatic carbocycles. The molecule has 2 aromatic rings. The Bertz CT molecular complexity index is 562. The Balaban J connectivity index is 2.25. The van der Waals surface area contributed by atoms with Crippen LogP contribution in [0.5, 0.6) is 5.75 Å². The third-order valence-electron chi connectivity index (χ3n) is 3.85. The van der Waals surface area contributed by atoms with Gasteiger partial charge in [0.1, 0.15) is 5.75 Å².